The van der Waals surface area contributed by atoms with Crippen LogP contribution in [0.3, 0.4) is 0 Å². The van der Waals surface area contributed by atoms with Crippen molar-refractivity contribution in [3.63, 3.8) is 0 Å². The van der Waals surface area contributed by atoms with Gasteiger partial charge in [0.2, 0.25) is 5.91 Å². The van der Waals surface area contributed by atoms with Crippen molar-refractivity contribution in [2.75, 3.05) is 25.3 Å². The number of thioether (sulfide) groups is 1. The average molecular weight is 525 g/mol. The summed E-state index contributed by atoms with van der Waals surface area (Å²) >= 11 is 2.73. The zero-order chi connectivity index (χ0) is 25.7. The average Bonchev–Trinajstić information content (AvgIpc) is 3.29. The van der Waals surface area contributed by atoms with Crippen molar-refractivity contribution in [2.45, 2.75) is 4.34 Å². The molecule has 10 nitrogen and oxygen atoms in total. The summed E-state index contributed by atoms with van der Waals surface area (Å²) in [6.45, 7) is 0. The Morgan fingerprint density at radius 2 is 2.03 bits per heavy atom. The number of nitro groups is 1. The topological polar surface area (TPSA) is 136 Å². The maximum Gasteiger partial charge on any atom is 0.270 e. The van der Waals surface area contributed by atoms with Crippen LogP contribution in [0.1, 0.15) is 5.56 Å². The third kappa shape index (κ3) is 5.90. The van der Waals surface area contributed by atoms with Crippen molar-refractivity contribution >= 4 is 62.5 Å². The maximum atomic E-state index is 12.5. The van der Waals surface area contributed by atoms with E-state index in [9.17, 15) is 20.0 Å². The summed E-state index contributed by atoms with van der Waals surface area (Å²) < 4.78 is 12.1. The Hall–Kier alpha value is -4.16. The van der Waals surface area contributed by atoms with Gasteiger partial charge in [0.15, 0.2) is 4.34 Å². The zero-order valence-corrected chi connectivity index (χ0v) is 20.8. The highest BCUT2D eigenvalue weighted by Crippen LogP contribution is 2.33. The van der Waals surface area contributed by atoms with Gasteiger partial charge in [-0.25, -0.2) is 4.98 Å². The van der Waals surface area contributed by atoms with E-state index in [0.717, 1.165) is 14.6 Å². The first-order valence-electron chi connectivity index (χ1n) is 10.4. The molecule has 1 amide bonds. The SMILES string of the molecule is COc1ccc(OC)c(NC(=O)CSc2nc3ccc(N=Cc4cc([N+](=O)[O-])ccc4O)cc3s2)c1. The molecule has 0 radical (unpaired) electrons. The number of amides is 1. The van der Waals surface area contributed by atoms with E-state index in [4.69, 9.17) is 9.47 Å². The molecule has 0 fully saturated rings. The molecular formula is C24H20N4O6S2. The summed E-state index contributed by atoms with van der Waals surface area (Å²) in [7, 11) is 3.07. The van der Waals surface area contributed by atoms with E-state index in [1.807, 2.05) is 6.07 Å². The molecule has 1 aromatic heterocycles. The number of ether oxygens (including phenoxy) is 2. The van der Waals surface area contributed by atoms with Crippen LogP contribution in [0.25, 0.3) is 10.2 Å². The van der Waals surface area contributed by atoms with E-state index in [1.54, 1.807) is 37.4 Å². The number of hydrogen-bond acceptors (Lipinski definition) is 10. The number of methoxy groups -OCH3 is 2. The number of carbonyl (C=O) groups excluding carboxylic acids is 1. The number of nitrogens with one attached hydrogen (secondary N) is 1. The molecular weight excluding hydrogens is 504 g/mol. The van der Waals surface area contributed by atoms with Crippen molar-refractivity contribution in [1.29, 1.82) is 0 Å². The molecule has 0 unspecified atom stereocenters. The van der Waals surface area contributed by atoms with Gasteiger partial charge in [0.05, 0.1) is 46.5 Å². The van der Waals surface area contributed by atoms with Crippen molar-refractivity contribution in [3.05, 3.63) is 70.3 Å². The van der Waals surface area contributed by atoms with Crippen LogP contribution in [0.5, 0.6) is 17.2 Å². The van der Waals surface area contributed by atoms with Crippen molar-refractivity contribution in [2.24, 2.45) is 4.99 Å². The number of carbonyl (C=O) groups is 1. The van der Waals surface area contributed by atoms with Gasteiger partial charge in [0.25, 0.3) is 5.69 Å². The van der Waals surface area contributed by atoms with Crippen LogP contribution in [-0.4, -0.2) is 47.1 Å². The summed E-state index contributed by atoms with van der Waals surface area (Å²) in [5.41, 5.74) is 1.97. The Balaban J connectivity index is 1.43. The lowest BCUT2D eigenvalue weighted by Crippen LogP contribution is -2.14. The number of nitro benzene ring substituents is 1. The fraction of sp³-hybridized carbons (Fsp3) is 0.125. The summed E-state index contributed by atoms with van der Waals surface area (Å²) in [5, 5.41) is 23.7. The lowest BCUT2D eigenvalue weighted by Gasteiger charge is -2.11. The molecule has 4 aromatic rings. The third-order valence-electron chi connectivity index (χ3n) is 4.93. The number of rotatable bonds is 9. The second-order valence-corrected chi connectivity index (χ2v) is 9.55. The maximum absolute atomic E-state index is 12.5. The number of benzene rings is 3. The molecule has 2 N–H and O–H groups in total. The molecule has 0 saturated carbocycles. The number of anilines is 1. The van der Waals surface area contributed by atoms with Gasteiger partial charge in [-0.05, 0) is 36.4 Å². The number of aromatic hydroxyl groups is 1. The first kappa shape index (κ1) is 24.9. The lowest BCUT2D eigenvalue weighted by molar-refractivity contribution is -0.384. The van der Waals surface area contributed by atoms with Gasteiger partial charge >= 0.3 is 0 Å². The molecule has 0 aliphatic carbocycles. The highest BCUT2D eigenvalue weighted by atomic mass is 32.2. The second kappa shape index (κ2) is 11.1. The number of phenolic OH excluding ortho intramolecular Hbond substituents is 1. The highest BCUT2D eigenvalue weighted by Gasteiger charge is 2.12. The molecule has 0 bridgehead atoms. The third-order valence-corrected chi connectivity index (χ3v) is 7.10. The zero-order valence-electron chi connectivity index (χ0n) is 19.1. The number of non-ortho nitro benzene ring substituents is 1. The standard InChI is InChI=1S/C24H20N4O6S2/c1-33-17-5-8-21(34-2)19(11-17)26-23(30)13-35-24-27-18-6-3-15(10-22(18)36-24)25-12-14-9-16(28(31)32)4-7-20(14)29/h3-12,29H,13H2,1-2H3,(H,26,30). The van der Waals surface area contributed by atoms with Gasteiger partial charge in [-0.1, -0.05) is 11.8 Å². The van der Waals surface area contributed by atoms with Gasteiger partial charge in [-0.3, -0.25) is 19.9 Å². The fourth-order valence-corrected chi connectivity index (χ4v) is 5.06. The van der Waals surface area contributed by atoms with Crippen molar-refractivity contribution < 1.29 is 24.3 Å². The minimum Gasteiger partial charge on any atom is -0.507 e. The van der Waals surface area contributed by atoms with E-state index in [2.05, 4.69) is 15.3 Å². The van der Waals surface area contributed by atoms with Crippen LogP contribution in [-0.2, 0) is 4.79 Å². The number of fused-ring (bicyclic) bond motifs is 1. The minimum absolute atomic E-state index is 0.105. The molecule has 0 saturated heterocycles. The van der Waals surface area contributed by atoms with Gasteiger partial charge < -0.3 is 19.9 Å². The predicted molar refractivity (Wildman–Crippen MR) is 141 cm³/mol. The Morgan fingerprint density at radius 1 is 1.19 bits per heavy atom. The summed E-state index contributed by atoms with van der Waals surface area (Å²) in [4.78, 5) is 31.8. The Kier molecular flexibility index (Phi) is 7.66. The summed E-state index contributed by atoms with van der Waals surface area (Å²) in [5.74, 6) is 0.960. The van der Waals surface area contributed by atoms with E-state index in [-0.39, 0.29) is 28.7 Å². The number of aromatic nitrogens is 1. The number of thiazole rings is 1. The summed E-state index contributed by atoms with van der Waals surface area (Å²) in [6, 6.07) is 14.3. The van der Waals surface area contributed by atoms with Gasteiger partial charge in [0, 0.05) is 30.0 Å². The van der Waals surface area contributed by atoms with Crippen LogP contribution in [0.2, 0.25) is 0 Å². The van der Waals surface area contributed by atoms with Crippen molar-refractivity contribution in [3.8, 4) is 17.2 Å². The Bertz CT molecular complexity index is 1470. The highest BCUT2D eigenvalue weighted by molar-refractivity contribution is 8.01. The van der Waals surface area contributed by atoms with Crippen LogP contribution in [0, 0.1) is 10.1 Å². The van der Waals surface area contributed by atoms with E-state index >= 15 is 0 Å². The van der Waals surface area contributed by atoms with Crippen LogP contribution in [0.15, 0.2) is 63.9 Å². The monoisotopic (exact) mass is 524 g/mol. The molecule has 0 spiro atoms. The van der Waals surface area contributed by atoms with Gasteiger partial charge in [0.1, 0.15) is 17.2 Å². The first-order chi connectivity index (χ1) is 17.4. The smallest absolute Gasteiger partial charge is 0.270 e. The number of phenols is 1. The van der Waals surface area contributed by atoms with Crippen LogP contribution in [0.4, 0.5) is 17.1 Å². The molecule has 36 heavy (non-hydrogen) atoms. The predicted octanol–water partition coefficient (Wildman–Crippen LogP) is 5.41. The molecule has 0 aliphatic heterocycles. The lowest BCUT2D eigenvalue weighted by atomic mass is 10.2. The van der Waals surface area contributed by atoms with Crippen LogP contribution >= 0.6 is 23.1 Å². The number of hydrogen-bond donors (Lipinski definition) is 2. The van der Waals surface area contributed by atoms with Gasteiger partial charge in [-0.2, -0.15) is 0 Å². The molecule has 0 atom stereocenters. The first-order valence-corrected chi connectivity index (χ1v) is 12.2. The molecule has 0 aliphatic rings. The molecule has 1 heterocycles. The largest absolute Gasteiger partial charge is 0.507 e. The molecule has 12 heteroatoms. The summed E-state index contributed by atoms with van der Waals surface area (Å²) in [6.07, 6.45) is 1.37. The normalized spacial score (nSPS) is 11.1. The van der Waals surface area contributed by atoms with Crippen molar-refractivity contribution in [1.82, 2.24) is 4.98 Å². The quantitative estimate of drug-likeness (QED) is 0.128. The number of nitrogens with zero attached hydrogens (tertiary/aromatic N) is 3. The molecule has 4 rings (SSSR count). The van der Waals surface area contributed by atoms with Crippen LogP contribution < -0.4 is 14.8 Å². The number of aliphatic imine (C=N–C) groups is 1. The molecule has 184 valence electrons. The van der Waals surface area contributed by atoms with Gasteiger partial charge in [-0.15, -0.1) is 11.3 Å². The Labute approximate surface area is 213 Å². The second-order valence-electron chi connectivity index (χ2n) is 7.29. The Morgan fingerprint density at radius 3 is 2.78 bits per heavy atom. The minimum atomic E-state index is -0.535. The van der Waals surface area contributed by atoms with E-state index in [1.165, 1.54) is 54.6 Å². The molecule has 3 aromatic carbocycles. The van der Waals surface area contributed by atoms with E-state index in [0.29, 0.717) is 22.9 Å². The van der Waals surface area contributed by atoms with E-state index < -0.39 is 4.92 Å². The fourth-order valence-electron chi connectivity index (χ4n) is 3.16.